The van der Waals surface area contributed by atoms with Gasteiger partial charge in [-0.15, -0.1) is 24.0 Å². The summed E-state index contributed by atoms with van der Waals surface area (Å²) in [5.74, 6) is 1.77. The Morgan fingerprint density at radius 3 is 2.40 bits per heavy atom. The van der Waals surface area contributed by atoms with Crippen molar-refractivity contribution >= 4 is 35.8 Å². The molecule has 1 aromatic carbocycles. The summed E-state index contributed by atoms with van der Waals surface area (Å²) in [5.41, 5.74) is 3.60. The van der Waals surface area contributed by atoms with Crippen LogP contribution >= 0.6 is 24.0 Å². The summed E-state index contributed by atoms with van der Waals surface area (Å²) in [4.78, 5) is 13.9. The number of aromatic nitrogens is 1. The summed E-state index contributed by atoms with van der Waals surface area (Å²) >= 11 is 0. The third-order valence-corrected chi connectivity index (χ3v) is 5.08. The van der Waals surface area contributed by atoms with Crippen LogP contribution in [-0.2, 0) is 19.6 Å². The molecule has 7 heteroatoms. The fraction of sp³-hybridized carbons (Fsp3) is 0.478. The van der Waals surface area contributed by atoms with E-state index in [1.54, 1.807) is 0 Å². The molecule has 0 spiro atoms. The molecule has 1 saturated heterocycles. The monoisotopic (exact) mass is 522 g/mol. The summed E-state index contributed by atoms with van der Waals surface area (Å²) in [6.45, 7) is 7.73. The first kappa shape index (κ1) is 24.4. The molecule has 0 radical (unpaired) electrons. The van der Waals surface area contributed by atoms with Gasteiger partial charge in [0.15, 0.2) is 5.96 Å². The van der Waals surface area contributed by atoms with Crippen molar-refractivity contribution in [2.75, 3.05) is 38.6 Å². The van der Waals surface area contributed by atoms with Gasteiger partial charge < -0.3 is 15.5 Å². The normalized spacial score (nSPS) is 14.3. The molecule has 0 bridgehead atoms. The number of nitrogens with one attached hydrogen (secondary N) is 2. The number of halogens is 1. The zero-order valence-corrected chi connectivity index (χ0v) is 20.7. The molecule has 2 N–H and O–H groups in total. The van der Waals surface area contributed by atoms with Crippen molar-refractivity contribution in [2.45, 2.75) is 39.4 Å². The second-order valence-electron chi connectivity index (χ2n) is 7.73. The first-order valence-electron chi connectivity index (χ1n) is 10.6. The van der Waals surface area contributed by atoms with Crippen molar-refractivity contribution in [3.8, 4) is 0 Å². The zero-order valence-electron chi connectivity index (χ0n) is 18.4. The van der Waals surface area contributed by atoms with E-state index in [1.165, 1.54) is 37.1 Å². The number of pyridine rings is 1. The highest BCUT2D eigenvalue weighted by Gasteiger charge is 2.11. The van der Waals surface area contributed by atoms with E-state index >= 15 is 0 Å². The Morgan fingerprint density at radius 2 is 1.73 bits per heavy atom. The number of rotatable bonds is 8. The van der Waals surface area contributed by atoms with Crippen molar-refractivity contribution in [1.29, 1.82) is 0 Å². The van der Waals surface area contributed by atoms with Crippen LogP contribution < -0.4 is 15.5 Å². The van der Waals surface area contributed by atoms with Gasteiger partial charge in [0.05, 0.1) is 18.8 Å². The minimum Gasteiger partial charge on any atom is -0.363 e. The smallest absolute Gasteiger partial charge is 0.191 e. The molecule has 1 aromatic heterocycles. The number of hydrogen-bond acceptors (Lipinski definition) is 4. The first-order chi connectivity index (χ1) is 14.1. The van der Waals surface area contributed by atoms with E-state index in [4.69, 9.17) is 4.99 Å². The van der Waals surface area contributed by atoms with Gasteiger partial charge in [0.25, 0.3) is 0 Å². The Hall–Kier alpha value is -1.87. The molecule has 1 aliphatic heterocycles. The molecular formula is C23H35IN6. The molecule has 3 rings (SSSR count). The lowest BCUT2D eigenvalue weighted by Crippen LogP contribution is -2.37. The number of guanidine groups is 1. The third kappa shape index (κ3) is 7.75. The van der Waals surface area contributed by atoms with E-state index in [1.807, 2.05) is 37.2 Å². The van der Waals surface area contributed by atoms with Crippen LogP contribution in [-0.4, -0.2) is 49.6 Å². The lowest BCUT2D eigenvalue weighted by atomic mass is 10.1. The van der Waals surface area contributed by atoms with Crippen molar-refractivity contribution in [1.82, 2.24) is 20.5 Å². The highest BCUT2D eigenvalue weighted by molar-refractivity contribution is 14.0. The summed E-state index contributed by atoms with van der Waals surface area (Å²) in [6, 6.07) is 14.9. The minimum absolute atomic E-state index is 0. The van der Waals surface area contributed by atoms with E-state index in [2.05, 4.69) is 51.7 Å². The number of benzene rings is 1. The van der Waals surface area contributed by atoms with E-state index in [-0.39, 0.29) is 24.0 Å². The number of likely N-dealkylation sites (tertiary alicyclic amines) is 1. The maximum absolute atomic E-state index is 4.74. The lowest BCUT2D eigenvalue weighted by Gasteiger charge is -2.15. The van der Waals surface area contributed by atoms with E-state index in [0.29, 0.717) is 13.1 Å². The molecule has 2 heterocycles. The maximum Gasteiger partial charge on any atom is 0.191 e. The summed E-state index contributed by atoms with van der Waals surface area (Å²) in [6.07, 6.45) is 2.67. The van der Waals surface area contributed by atoms with Crippen molar-refractivity contribution in [2.24, 2.45) is 4.99 Å². The minimum atomic E-state index is 0. The van der Waals surface area contributed by atoms with Gasteiger partial charge in [-0.2, -0.15) is 0 Å². The molecule has 1 fully saturated rings. The molecule has 1 aliphatic rings. The average Bonchev–Trinajstić information content (AvgIpc) is 3.24. The van der Waals surface area contributed by atoms with Crippen LogP contribution in [0.25, 0.3) is 0 Å². The van der Waals surface area contributed by atoms with Crippen LogP contribution in [0.2, 0.25) is 0 Å². The second kappa shape index (κ2) is 12.7. The van der Waals surface area contributed by atoms with Gasteiger partial charge in [-0.1, -0.05) is 30.3 Å². The number of aliphatic imine (C=N–C) groups is 1. The zero-order chi connectivity index (χ0) is 20.5. The van der Waals surface area contributed by atoms with Crippen LogP contribution in [0, 0.1) is 0 Å². The van der Waals surface area contributed by atoms with Gasteiger partial charge in [-0.25, -0.2) is 9.98 Å². The summed E-state index contributed by atoms with van der Waals surface area (Å²) in [5, 5.41) is 6.70. The summed E-state index contributed by atoms with van der Waals surface area (Å²) < 4.78 is 0. The predicted octanol–water partition coefficient (Wildman–Crippen LogP) is 3.62. The molecule has 0 atom stereocenters. The number of hydrogen-bond donors (Lipinski definition) is 2. The van der Waals surface area contributed by atoms with Crippen LogP contribution in [0.5, 0.6) is 0 Å². The fourth-order valence-corrected chi connectivity index (χ4v) is 3.45. The molecular weight excluding hydrogens is 487 g/mol. The molecule has 0 saturated carbocycles. The van der Waals surface area contributed by atoms with Gasteiger partial charge in [0, 0.05) is 27.2 Å². The highest BCUT2D eigenvalue weighted by atomic mass is 127. The van der Waals surface area contributed by atoms with E-state index < -0.39 is 0 Å². The Balaban J connectivity index is 0.00000320. The Kier molecular flexibility index (Phi) is 10.4. The molecule has 2 aromatic rings. The van der Waals surface area contributed by atoms with Crippen LogP contribution in [0.1, 0.15) is 36.6 Å². The standard InChI is InChI=1S/C23H34N6.HI/c1-4-24-23(26-17-21-8-7-9-22(27-21)28(2)3)25-16-19-10-12-20(13-11-19)18-29-14-5-6-15-29;/h7-13H,4-6,14-18H2,1-3H3,(H2,24,25,26);1H. The maximum atomic E-state index is 4.74. The SMILES string of the molecule is CCNC(=NCc1ccc(CN2CCCC2)cc1)NCc1cccc(N(C)C)n1.I. The average molecular weight is 522 g/mol. The second-order valence-corrected chi connectivity index (χ2v) is 7.73. The molecule has 0 amide bonds. The van der Waals surface area contributed by atoms with Crippen LogP contribution in [0.4, 0.5) is 5.82 Å². The van der Waals surface area contributed by atoms with Gasteiger partial charge >= 0.3 is 0 Å². The Morgan fingerprint density at radius 1 is 1.03 bits per heavy atom. The first-order valence-corrected chi connectivity index (χ1v) is 10.6. The van der Waals surface area contributed by atoms with Gasteiger partial charge in [0.1, 0.15) is 5.82 Å². The van der Waals surface area contributed by atoms with Crippen molar-refractivity contribution in [3.05, 3.63) is 59.3 Å². The van der Waals surface area contributed by atoms with E-state index in [9.17, 15) is 0 Å². The lowest BCUT2D eigenvalue weighted by molar-refractivity contribution is 0.331. The Labute approximate surface area is 198 Å². The number of anilines is 1. The highest BCUT2D eigenvalue weighted by Crippen LogP contribution is 2.13. The van der Waals surface area contributed by atoms with Gasteiger partial charge in [-0.05, 0) is 56.1 Å². The predicted molar refractivity (Wildman–Crippen MR) is 137 cm³/mol. The third-order valence-electron chi connectivity index (χ3n) is 5.08. The molecule has 6 nitrogen and oxygen atoms in total. The Bertz CT molecular complexity index is 785. The topological polar surface area (TPSA) is 55.8 Å². The van der Waals surface area contributed by atoms with E-state index in [0.717, 1.165) is 30.6 Å². The van der Waals surface area contributed by atoms with Gasteiger partial charge in [0.2, 0.25) is 0 Å². The van der Waals surface area contributed by atoms with Crippen LogP contribution in [0.3, 0.4) is 0 Å². The molecule has 0 unspecified atom stereocenters. The van der Waals surface area contributed by atoms with Crippen LogP contribution in [0.15, 0.2) is 47.5 Å². The molecule has 164 valence electrons. The van der Waals surface area contributed by atoms with Crippen molar-refractivity contribution < 1.29 is 0 Å². The van der Waals surface area contributed by atoms with Crippen molar-refractivity contribution in [3.63, 3.8) is 0 Å². The molecule has 0 aliphatic carbocycles. The fourth-order valence-electron chi connectivity index (χ4n) is 3.45. The largest absolute Gasteiger partial charge is 0.363 e. The quantitative estimate of drug-likeness (QED) is 0.315. The number of nitrogens with zero attached hydrogens (tertiary/aromatic N) is 4. The summed E-state index contributed by atoms with van der Waals surface area (Å²) in [7, 11) is 4.00. The van der Waals surface area contributed by atoms with Gasteiger partial charge in [-0.3, -0.25) is 4.90 Å². The molecule has 30 heavy (non-hydrogen) atoms.